The van der Waals surface area contributed by atoms with Gasteiger partial charge in [0.15, 0.2) is 0 Å². The number of nitrogens with one attached hydrogen (secondary N) is 1. The standard InChI is InChI=1S/C20H20Cl2N4O.ClH/c21-17-2-1-14(20(22)8-17)13-27-19-7-15(9-24-11-19)16-10-25-26(12-16)18-3-5-23-6-4-18;/h1-2,7-12,18,23H,3-6,13H2;1H. The summed E-state index contributed by atoms with van der Waals surface area (Å²) in [5.41, 5.74) is 2.90. The highest BCUT2D eigenvalue weighted by atomic mass is 35.5. The number of benzene rings is 1. The molecular formula is C20H21Cl3N4O. The lowest BCUT2D eigenvalue weighted by Crippen LogP contribution is -2.29. The second kappa shape index (κ2) is 9.61. The lowest BCUT2D eigenvalue weighted by molar-refractivity contribution is 0.305. The SMILES string of the molecule is Cl.Clc1ccc(COc2cncc(-c3cnn(C4CCNCC4)c3)c2)c(Cl)c1. The van der Waals surface area contributed by atoms with Gasteiger partial charge in [0.25, 0.3) is 0 Å². The van der Waals surface area contributed by atoms with E-state index in [9.17, 15) is 0 Å². The summed E-state index contributed by atoms with van der Waals surface area (Å²) in [5, 5.41) is 9.13. The maximum absolute atomic E-state index is 6.20. The maximum Gasteiger partial charge on any atom is 0.138 e. The minimum atomic E-state index is 0. The molecule has 1 aromatic carbocycles. The second-order valence-corrected chi connectivity index (χ2v) is 7.47. The Hall–Kier alpha value is -1.79. The van der Waals surface area contributed by atoms with Crippen LogP contribution in [0.25, 0.3) is 11.1 Å². The van der Waals surface area contributed by atoms with E-state index in [0.717, 1.165) is 42.6 Å². The monoisotopic (exact) mass is 438 g/mol. The molecule has 0 amide bonds. The first kappa shape index (κ1) is 20.9. The molecule has 0 saturated carbocycles. The van der Waals surface area contributed by atoms with E-state index in [1.807, 2.05) is 24.5 Å². The molecule has 1 saturated heterocycles. The third-order valence-electron chi connectivity index (χ3n) is 4.74. The summed E-state index contributed by atoms with van der Waals surface area (Å²) in [6.45, 7) is 2.44. The molecule has 0 aliphatic carbocycles. The van der Waals surface area contributed by atoms with E-state index in [0.29, 0.717) is 28.4 Å². The zero-order chi connectivity index (χ0) is 18.6. The van der Waals surface area contributed by atoms with E-state index in [-0.39, 0.29) is 12.4 Å². The van der Waals surface area contributed by atoms with Crippen LogP contribution in [0, 0.1) is 0 Å². The Morgan fingerprint density at radius 2 is 1.89 bits per heavy atom. The van der Waals surface area contributed by atoms with Crippen LogP contribution >= 0.6 is 35.6 Å². The average Bonchev–Trinajstić information content (AvgIpc) is 3.19. The third-order valence-corrected chi connectivity index (χ3v) is 5.33. The van der Waals surface area contributed by atoms with E-state index in [1.165, 1.54) is 0 Å². The van der Waals surface area contributed by atoms with Gasteiger partial charge in [0.1, 0.15) is 12.4 Å². The lowest BCUT2D eigenvalue weighted by Gasteiger charge is -2.22. The van der Waals surface area contributed by atoms with Gasteiger partial charge in [-0.05, 0) is 44.1 Å². The van der Waals surface area contributed by atoms with Crippen molar-refractivity contribution in [1.82, 2.24) is 20.1 Å². The molecular weight excluding hydrogens is 419 g/mol. The van der Waals surface area contributed by atoms with Crippen LogP contribution in [-0.2, 0) is 6.61 Å². The van der Waals surface area contributed by atoms with Crippen molar-refractivity contribution in [2.24, 2.45) is 0 Å². The van der Waals surface area contributed by atoms with Crippen molar-refractivity contribution in [2.75, 3.05) is 13.1 Å². The van der Waals surface area contributed by atoms with Gasteiger partial charge < -0.3 is 10.1 Å². The van der Waals surface area contributed by atoms with E-state index in [2.05, 4.69) is 26.3 Å². The lowest BCUT2D eigenvalue weighted by atomic mass is 10.1. The molecule has 0 radical (unpaired) electrons. The maximum atomic E-state index is 6.20. The highest BCUT2D eigenvalue weighted by molar-refractivity contribution is 6.35. The van der Waals surface area contributed by atoms with Crippen LogP contribution in [0.2, 0.25) is 10.0 Å². The molecule has 2 aromatic heterocycles. The zero-order valence-corrected chi connectivity index (χ0v) is 17.5. The van der Waals surface area contributed by atoms with Gasteiger partial charge in [-0.1, -0.05) is 29.3 Å². The molecule has 1 aliphatic heterocycles. The largest absolute Gasteiger partial charge is 0.487 e. The van der Waals surface area contributed by atoms with Gasteiger partial charge in [0.05, 0.1) is 18.4 Å². The topological polar surface area (TPSA) is 52.0 Å². The van der Waals surface area contributed by atoms with Crippen molar-refractivity contribution in [2.45, 2.75) is 25.5 Å². The van der Waals surface area contributed by atoms with Crippen molar-refractivity contribution in [3.8, 4) is 16.9 Å². The predicted molar refractivity (Wildman–Crippen MR) is 115 cm³/mol. The fourth-order valence-corrected chi connectivity index (χ4v) is 3.68. The zero-order valence-electron chi connectivity index (χ0n) is 15.1. The van der Waals surface area contributed by atoms with Crippen molar-refractivity contribution in [3.63, 3.8) is 0 Å². The van der Waals surface area contributed by atoms with Crippen LogP contribution in [0.5, 0.6) is 5.75 Å². The van der Waals surface area contributed by atoms with E-state index < -0.39 is 0 Å². The molecule has 3 aromatic rings. The molecule has 1 N–H and O–H groups in total. The molecule has 0 unspecified atom stereocenters. The van der Waals surface area contributed by atoms with Gasteiger partial charge >= 0.3 is 0 Å². The summed E-state index contributed by atoms with van der Waals surface area (Å²) in [7, 11) is 0. The van der Waals surface area contributed by atoms with E-state index in [4.69, 9.17) is 27.9 Å². The summed E-state index contributed by atoms with van der Waals surface area (Å²) < 4.78 is 7.94. The van der Waals surface area contributed by atoms with Crippen LogP contribution in [0.1, 0.15) is 24.4 Å². The third kappa shape index (κ3) is 4.97. The van der Waals surface area contributed by atoms with Crippen LogP contribution in [0.15, 0.2) is 49.1 Å². The Bertz CT molecular complexity index is 925. The minimum Gasteiger partial charge on any atom is -0.487 e. The number of piperidine rings is 1. The Kier molecular flexibility index (Phi) is 7.18. The first-order chi connectivity index (χ1) is 13.2. The Morgan fingerprint density at radius 1 is 1.07 bits per heavy atom. The van der Waals surface area contributed by atoms with Gasteiger partial charge in [0, 0.05) is 39.1 Å². The molecule has 0 atom stereocenters. The van der Waals surface area contributed by atoms with E-state index >= 15 is 0 Å². The van der Waals surface area contributed by atoms with Crippen molar-refractivity contribution in [3.05, 3.63) is 64.7 Å². The van der Waals surface area contributed by atoms with Gasteiger partial charge in [-0.15, -0.1) is 12.4 Å². The molecule has 4 rings (SSSR count). The smallest absolute Gasteiger partial charge is 0.138 e. The number of hydrogen-bond acceptors (Lipinski definition) is 4. The molecule has 1 aliphatic rings. The van der Waals surface area contributed by atoms with Crippen LogP contribution in [0.3, 0.4) is 0 Å². The quantitative estimate of drug-likeness (QED) is 0.595. The van der Waals surface area contributed by atoms with Crippen molar-refractivity contribution in [1.29, 1.82) is 0 Å². The summed E-state index contributed by atoms with van der Waals surface area (Å²) in [6, 6.07) is 7.81. The normalized spacial score (nSPS) is 14.5. The number of ether oxygens (including phenoxy) is 1. The van der Waals surface area contributed by atoms with E-state index in [1.54, 1.807) is 18.3 Å². The van der Waals surface area contributed by atoms with Crippen molar-refractivity contribution < 1.29 is 4.74 Å². The second-order valence-electron chi connectivity index (χ2n) is 6.62. The number of aromatic nitrogens is 3. The molecule has 1 fully saturated rings. The highest BCUT2D eigenvalue weighted by Gasteiger charge is 2.16. The number of hydrogen-bond donors (Lipinski definition) is 1. The Morgan fingerprint density at radius 3 is 2.68 bits per heavy atom. The van der Waals surface area contributed by atoms with Gasteiger partial charge in [0.2, 0.25) is 0 Å². The summed E-state index contributed by atoms with van der Waals surface area (Å²) >= 11 is 12.1. The predicted octanol–water partition coefficient (Wildman–Crippen LogP) is 5.18. The first-order valence-corrected chi connectivity index (χ1v) is 9.71. The number of pyridine rings is 1. The number of rotatable bonds is 5. The summed E-state index contributed by atoms with van der Waals surface area (Å²) in [4.78, 5) is 4.31. The van der Waals surface area contributed by atoms with Gasteiger partial charge in [-0.3, -0.25) is 9.67 Å². The Balaban J connectivity index is 0.00000225. The molecule has 8 heteroatoms. The van der Waals surface area contributed by atoms with Crippen LogP contribution in [0.4, 0.5) is 0 Å². The highest BCUT2D eigenvalue weighted by Crippen LogP contribution is 2.27. The molecule has 28 heavy (non-hydrogen) atoms. The minimum absolute atomic E-state index is 0. The van der Waals surface area contributed by atoms with Crippen molar-refractivity contribution >= 4 is 35.6 Å². The molecule has 5 nitrogen and oxygen atoms in total. The van der Waals surface area contributed by atoms with Gasteiger partial charge in [-0.25, -0.2) is 0 Å². The number of halogens is 3. The Labute approximate surface area is 180 Å². The fraction of sp³-hybridized carbons (Fsp3) is 0.300. The molecule has 0 spiro atoms. The fourth-order valence-electron chi connectivity index (χ4n) is 3.21. The average molecular weight is 440 g/mol. The van der Waals surface area contributed by atoms with Crippen LogP contribution < -0.4 is 10.1 Å². The summed E-state index contributed by atoms with van der Waals surface area (Å²) in [6.07, 6.45) is 9.71. The summed E-state index contributed by atoms with van der Waals surface area (Å²) in [5.74, 6) is 0.688. The van der Waals surface area contributed by atoms with Gasteiger partial charge in [-0.2, -0.15) is 5.10 Å². The van der Waals surface area contributed by atoms with Crippen LogP contribution in [-0.4, -0.2) is 27.9 Å². The molecule has 0 bridgehead atoms. The first-order valence-electron chi connectivity index (χ1n) is 8.96. The molecule has 3 heterocycles. The number of nitrogens with zero attached hydrogens (tertiary/aromatic N) is 3. The molecule has 148 valence electrons.